The van der Waals surface area contributed by atoms with E-state index in [0.717, 1.165) is 12.1 Å². The van der Waals surface area contributed by atoms with Crippen LogP contribution in [-0.2, 0) is 11.3 Å². The van der Waals surface area contributed by atoms with Gasteiger partial charge in [-0.15, -0.1) is 0 Å². The van der Waals surface area contributed by atoms with E-state index in [1.165, 1.54) is 5.56 Å². The van der Waals surface area contributed by atoms with Gasteiger partial charge in [0.1, 0.15) is 0 Å². The molecular weight excluding hydrogens is 260 g/mol. The van der Waals surface area contributed by atoms with Gasteiger partial charge in [0.25, 0.3) is 0 Å². The van der Waals surface area contributed by atoms with Gasteiger partial charge in [0.15, 0.2) is 0 Å². The standard InChI is InChI=1S/C18H22N2O/c1-15(17-10-6-3-7-11-17)20-18(21)12-13-19-14-16-8-4-2-5-9-16/h2-11,15,19H,12-14H2,1H3,(H,20,21). The van der Waals surface area contributed by atoms with Gasteiger partial charge in [0.2, 0.25) is 5.91 Å². The third-order valence-electron chi connectivity index (χ3n) is 3.38. The number of amides is 1. The van der Waals surface area contributed by atoms with Gasteiger partial charge >= 0.3 is 0 Å². The molecule has 21 heavy (non-hydrogen) atoms. The van der Waals surface area contributed by atoms with E-state index in [2.05, 4.69) is 22.8 Å². The van der Waals surface area contributed by atoms with Gasteiger partial charge < -0.3 is 10.6 Å². The molecule has 1 atom stereocenters. The van der Waals surface area contributed by atoms with Crippen LogP contribution in [0, 0.1) is 0 Å². The Hall–Kier alpha value is -2.13. The number of carbonyl (C=O) groups excluding carboxylic acids is 1. The Morgan fingerprint density at radius 2 is 1.62 bits per heavy atom. The van der Waals surface area contributed by atoms with E-state index in [1.54, 1.807) is 0 Å². The molecule has 2 rings (SSSR count). The first kappa shape index (κ1) is 15.3. The lowest BCUT2D eigenvalue weighted by Gasteiger charge is -2.14. The Morgan fingerprint density at radius 1 is 1.00 bits per heavy atom. The van der Waals surface area contributed by atoms with Crippen molar-refractivity contribution in [3.63, 3.8) is 0 Å². The lowest BCUT2D eigenvalue weighted by molar-refractivity contribution is -0.121. The van der Waals surface area contributed by atoms with Crippen molar-refractivity contribution in [3.8, 4) is 0 Å². The van der Waals surface area contributed by atoms with Crippen LogP contribution in [0.1, 0.15) is 30.5 Å². The molecule has 0 radical (unpaired) electrons. The molecule has 2 aromatic carbocycles. The molecule has 0 heterocycles. The van der Waals surface area contributed by atoms with Gasteiger partial charge in [-0.1, -0.05) is 60.7 Å². The van der Waals surface area contributed by atoms with E-state index >= 15 is 0 Å². The van der Waals surface area contributed by atoms with E-state index in [9.17, 15) is 4.79 Å². The smallest absolute Gasteiger partial charge is 0.221 e. The molecule has 110 valence electrons. The molecule has 1 amide bonds. The highest BCUT2D eigenvalue weighted by molar-refractivity contribution is 5.76. The van der Waals surface area contributed by atoms with Crippen molar-refractivity contribution in [2.45, 2.75) is 25.9 Å². The molecule has 2 aromatic rings. The van der Waals surface area contributed by atoms with Crippen LogP contribution >= 0.6 is 0 Å². The van der Waals surface area contributed by atoms with Gasteiger partial charge in [-0.2, -0.15) is 0 Å². The summed E-state index contributed by atoms with van der Waals surface area (Å²) in [5.41, 5.74) is 2.36. The van der Waals surface area contributed by atoms with Gasteiger partial charge in [0.05, 0.1) is 6.04 Å². The zero-order valence-corrected chi connectivity index (χ0v) is 12.4. The fourth-order valence-electron chi connectivity index (χ4n) is 2.17. The number of benzene rings is 2. The molecule has 0 aliphatic heterocycles. The van der Waals surface area contributed by atoms with Crippen molar-refractivity contribution in [2.24, 2.45) is 0 Å². The molecule has 0 spiro atoms. The first-order valence-corrected chi connectivity index (χ1v) is 7.34. The van der Waals surface area contributed by atoms with Crippen LogP contribution in [0.2, 0.25) is 0 Å². The summed E-state index contributed by atoms with van der Waals surface area (Å²) in [7, 11) is 0. The molecular formula is C18H22N2O. The summed E-state index contributed by atoms with van der Waals surface area (Å²) >= 11 is 0. The van der Waals surface area contributed by atoms with Gasteiger partial charge in [-0.25, -0.2) is 0 Å². The molecule has 0 aliphatic carbocycles. The number of hydrogen-bond acceptors (Lipinski definition) is 2. The fourth-order valence-corrected chi connectivity index (χ4v) is 2.17. The zero-order chi connectivity index (χ0) is 14.9. The van der Waals surface area contributed by atoms with Crippen molar-refractivity contribution >= 4 is 5.91 Å². The maximum atomic E-state index is 11.9. The van der Waals surface area contributed by atoms with E-state index < -0.39 is 0 Å². The van der Waals surface area contributed by atoms with Crippen molar-refractivity contribution in [1.82, 2.24) is 10.6 Å². The average Bonchev–Trinajstić information content (AvgIpc) is 2.53. The van der Waals surface area contributed by atoms with E-state index in [0.29, 0.717) is 13.0 Å². The van der Waals surface area contributed by atoms with Crippen molar-refractivity contribution < 1.29 is 4.79 Å². The predicted molar refractivity (Wildman–Crippen MR) is 85.8 cm³/mol. The summed E-state index contributed by atoms with van der Waals surface area (Å²) in [6.45, 7) is 3.48. The monoisotopic (exact) mass is 282 g/mol. The van der Waals surface area contributed by atoms with Crippen LogP contribution in [0.3, 0.4) is 0 Å². The summed E-state index contributed by atoms with van der Waals surface area (Å²) in [6, 6.07) is 20.2. The zero-order valence-electron chi connectivity index (χ0n) is 12.4. The topological polar surface area (TPSA) is 41.1 Å². The second-order valence-electron chi connectivity index (χ2n) is 5.11. The number of nitrogens with one attached hydrogen (secondary N) is 2. The summed E-state index contributed by atoms with van der Waals surface area (Å²) < 4.78 is 0. The highest BCUT2D eigenvalue weighted by Crippen LogP contribution is 2.10. The summed E-state index contributed by atoms with van der Waals surface area (Å²) in [5, 5.41) is 6.30. The minimum atomic E-state index is 0.0489. The second kappa shape index (κ2) is 8.22. The Kier molecular flexibility index (Phi) is 5.98. The molecule has 0 aromatic heterocycles. The largest absolute Gasteiger partial charge is 0.350 e. The Labute approximate surface area is 126 Å². The summed E-state index contributed by atoms with van der Waals surface area (Å²) in [6.07, 6.45) is 0.490. The predicted octanol–water partition coefficient (Wildman–Crippen LogP) is 3.04. The Balaban J connectivity index is 1.66. The van der Waals surface area contributed by atoms with Crippen LogP contribution in [0.15, 0.2) is 60.7 Å². The first-order chi connectivity index (χ1) is 10.3. The third kappa shape index (κ3) is 5.40. The number of carbonyl (C=O) groups is 1. The maximum absolute atomic E-state index is 11.9. The molecule has 2 N–H and O–H groups in total. The van der Waals surface area contributed by atoms with Gasteiger partial charge in [-0.3, -0.25) is 4.79 Å². The van der Waals surface area contributed by atoms with E-state index in [-0.39, 0.29) is 11.9 Å². The quantitative estimate of drug-likeness (QED) is 0.766. The SMILES string of the molecule is CC(NC(=O)CCNCc1ccccc1)c1ccccc1. The molecule has 3 heteroatoms. The molecule has 0 aliphatic rings. The van der Waals surface area contributed by atoms with Crippen molar-refractivity contribution in [1.29, 1.82) is 0 Å². The van der Waals surface area contributed by atoms with Gasteiger partial charge in [-0.05, 0) is 18.1 Å². The third-order valence-corrected chi connectivity index (χ3v) is 3.38. The van der Waals surface area contributed by atoms with Crippen LogP contribution < -0.4 is 10.6 Å². The minimum absolute atomic E-state index is 0.0489. The maximum Gasteiger partial charge on any atom is 0.221 e. The lowest BCUT2D eigenvalue weighted by Crippen LogP contribution is -2.29. The number of rotatable bonds is 7. The van der Waals surface area contributed by atoms with E-state index in [1.807, 2.05) is 55.5 Å². The fraction of sp³-hybridized carbons (Fsp3) is 0.278. The van der Waals surface area contributed by atoms with E-state index in [4.69, 9.17) is 0 Å². The van der Waals surface area contributed by atoms with Gasteiger partial charge in [0, 0.05) is 19.5 Å². The average molecular weight is 282 g/mol. The highest BCUT2D eigenvalue weighted by atomic mass is 16.1. The number of hydrogen-bond donors (Lipinski definition) is 2. The Bertz CT molecular complexity index is 540. The normalized spacial score (nSPS) is 11.9. The highest BCUT2D eigenvalue weighted by Gasteiger charge is 2.08. The Morgan fingerprint density at radius 3 is 2.29 bits per heavy atom. The molecule has 1 unspecified atom stereocenters. The van der Waals surface area contributed by atoms with Crippen LogP contribution in [0.25, 0.3) is 0 Å². The van der Waals surface area contributed by atoms with Crippen LogP contribution in [-0.4, -0.2) is 12.5 Å². The molecule has 3 nitrogen and oxygen atoms in total. The lowest BCUT2D eigenvalue weighted by atomic mass is 10.1. The molecule has 0 saturated carbocycles. The summed E-state index contributed by atoms with van der Waals surface area (Å²) in [5.74, 6) is 0.0758. The van der Waals surface area contributed by atoms with Crippen molar-refractivity contribution in [3.05, 3.63) is 71.8 Å². The summed E-state index contributed by atoms with van der Waals surface area (Å²) in [4.78, 5) is 11.9. The van der Waals surface area contributed by atoms with Crippen LogP contribution in [0.5, 0.6) is 0 Å². The molecule has 0 saturated heterocycles. The molecule has 0 fully saturated rings. The van der Waals surface area contributed by atoms with Crippen LogP contribution in [0.4, 0.5) is 0 Å². The molecule has 0 bridgehead atoms. The van der Waals surface area contributed by atoms with Crippen molar-refractivity contribution in [2.75, 3.05) is 6.54 Å². The first-order valence-electron chi connectivity index (χ1n) is 7.34. The second-order valence-corrected chi connectivity index (χ2v) is 5.11. The minimum Gasteiger partial charge on any atom is -0.350 e.